The summed E-state index contributed by atoms with van der Waals surface area (Å²) in [5.41, 5.74) is 2.33. The van der Waals surface area contributed by atoms with Gasteiger partial charge in [0.05, 0.1) is 6.42 Å². The predicted octanol–water partition coefficient (Wildman–Crippen LogP) is 2.64. The van der Waals surface area contributed by atoms with Gasteiger partial charge in [-0.1, -0.05) is 18.2 Å². The molecule has 0 saturated carbocycles. The van der Waals surface area contributed by atoms with Crippen molar-refractivity contribution < 1.29 is 9.90 Å². The van der Waals surface area contributed by atoms with Gasteiger partial charge >= 0.3 is 5.97 Å². The van der Waals surface area contributed by atoms with Crippen molar-refractivity contribution >= 4 is 23.4 Å². The molecule has 0 unspecified atom stereocenters. The number of aliphatic carboxylic acids is 1. The molecule has 0 aromatic heterocycles. The topological polar surface area (TPSA) is 40.5 Å². The van der Waals surface area contributed by atoms with E-state index in [1.807, 2.05) is 12.1 Å². The normalized spacial score (nSPS) is 10.2. The van der Waals surface area contributed by atoms with E-state index in [4.69, 9.17) is 5.11 Å². The summed E-state index contributed by atoms with van der Waals surface area (Å²) >= 11 is 1.78. The second-order valence-electron chi connectivity index (χ2n) is 3.91. The van der Waals surface area contributed by atoms with Gasteiger partial charge in [-0.05, 0) is 24.8 Å². The quantitative estimate of drug-likeness (QED) is 0.811. The van der Waals surface area contributed by atoms with Crippen LogP contribution in [-0.4, -0.2) is 36.2 Å². The van der Waals surface area contributed by atoms with Gasteiger partial charge in [0.15, 0.2) is 0 Å². The number of hydrogen-bond donors (Lipinski definition) is 1. The summed E-state index contributed by atoms with van der Waals surface area (Å²) in [5.74, 6) is 0.265. The van der Waals surface area contributed by atoms with Crippen molar-refractivity contribution in [1.29, 1.82) is 0 Å². The van der Waals surface area contributed by atoms with Gasteiger partial charge in [0.25, 0.3) is 0 Å². The Labute approximate surface area is 107 Å². The van der Waals surface area contributed by atoms with Crippen LogP contribution in [-0.2, 0) is 4.79 Å². The molecule has 0 amide bonds. The third-order valence-corrected chi connectivity index (χ3v) is 3.21. The molecule has 0 fully saturated rings. The summed E-state index contributed by atoms with van der Waals surface area (Å²) in [6, 6.07) is 8.11. The van der Waals surface area contributed by atoms with Gasteiger partial charge in [-0.2, -0.15) is 11.8 Å². The smallest absolute Gasteiger partial charge is 0.305 e. The van der Waals surface area contributed by atoms with Crippen molar-refractivity contribution in [1.82, 2.24) is 0 Å². The van der Waals surface area contributed by atoms with Crippen LogP contribution in [0.25, 0.3) is 0 Å². The molecule has 0 spiro atoms. The fourth-order valence-corrected chi connectivity index (χ4v) is 2.11. The molecule has 0 heterocycles. The zero-order valence-electron chi connectivity index (χ0n) is 10.3. The van der Waals surface area contributed by atoms with Crippen molar-refractivity contribution in [3.63, 3.8) is 0 Å². The number of hydrogen-bond acceptors (Lipinski definition) is 3. The summed E-state index contributed by atoms with van der Waals surface area (Å²) in [5, 5.41) is 8.77. The molecule has 0 saturated heterocycles. The van der Waals surface area contributed by atoms with Crippen LogP contribution in [0.15, 0.2) is 24.3 Å². The first-order valence-corrected chi connectivity index (χ1v) is 7.06. The molecule has 3 nitrogen and oxygen atoms in total. The number of carboxylic acids is 1. The Bertz CT molecular complexity index is 368. The Morgan fingerprint density at radius 1 is 1.35 bits per heavy atom. The third-order valence-electron chi connectivity index (χ3n) is 2.62. The summed E-state index contributed by atoms with van der Waals surface area (Å²) < 4.78 is 0. The Balaban J connectivity index is 2.74. The van der Waals surface area contributed by atoms with E-state index in [0.29, 0.717) is 6.54 Å². The highest BCUT2D eigenvalue weighted by Gasteiger charge is 2.10. The maximum absolute atomic E-state index is 10.7. The maximum atomic E-state index is 10.7. The van der Waals surface area contributed by atoms with E-state index < -0.39 is 5.97 Å². The first-order chi connectivity index (χ1) is 8.15. The monoisotopic (exact) mass is 253 g/mol. The molecule has 17 heavy (non-hydrogen) atoms. The number of rotatable bonds is 7. The molecule has 1 aromatic rings. The van der Waals surface area contributed by atoms with Gasteiger partial charge in [0, 0.05) is 24.5 Å². The molecule has 4 heteroatoms. The standard InChI is InChI=1S/C13H19NO2S/c1-11-5-3-4-6-12(11)14(9-10-17-2)8-7-13(15)16/h3-6H,7-10H2,1-2H3,(H,15,16). The summed E-state index contributed by atoms with van der Waals surface area (Å²) in [4.78, 5) is 12.8. The number of anilines is 1. The minimum absolute atomic E-state index is 0.183. The van der Waals surface area contributed by atoms with Crippen LogP contribution in [0.5, 0.6) is 0 Å². The SMILES string of the molecule is CSCCN(CCC(=O)O)c1ccccc1C. The molecule has 1 aromatic carbocycles. The van der Waals surface area contributed by atoms with Crippen LogP contribution in [0, 0.1) is 6.92 Å². The van der Waals surface area contributed by atoms with E-state index in [0.717, 1.165) is 18.0 Å². The fourth-order valence-electron chi connectivity index (χ4n) is 1.70. The first-order valence-electron chi connectivity index (χ1n) is 5.66. The lowest BCUT2D eigenvalue weighted by Crippen LogP contribution is -2.29. The number of carbonyl (C=O) groups is 1. The Hall–Kier alpha value is -1.16. The summed E-state index contributed by atoms with van der Waals surface area (Å²) in [6.07, 6.45) is 2.25. The van der Waals surface area contributed by atoms with Crippen molar-refractivity contribution in [2.24, 2.45) is 0 Å². The van der Waals surface area contributed by atoms with Crippen LogP contribution >= 0.6 is 11.8 Å². The van der Waals surface area contributed by atoms with E-state index >= 15 is 0 Å². The number of carboxylic acid groups (broad SMARTS) is 1. The first kappa shape index (κ1) is 13.9. The molecule has 0 radical (unpaired) electrons. The third kappa shape index (κ3) is 4.69. The highest BCUT2D eigenvalue weighted by Crippen LogP contribution is 2.19. The molecule has 0 aliphatic rings. The van der Waals surface area contributed by atoms with Crippen LogP contribution in [0.4, 0.5) is 5.69 Å². The van der Waals surface area contributed by atoms with Crippen molar-refractivity contribution in [2.75, 3.05) is 30.0 Å². The lowest BCUT2D eigenvalue weighted by Gasteiger charge is -2.25. The van der Waals surface area contributed by atoms with Crippen LogP contribution in [0.3, 0.4) is 0 Å². The second kappa shape index (κ2) is 7.22. The number of nitrogens with zero attached hydrogens (tertiary/aromatic N) is 1. The molecule has 0 bridgehead atoms. The molecular weight excluding hydrogens is 234 g/mol. The minimum atomic E-state index is -0.743. The number of para-hydroxylation sites is 1. The fraction of sp³-hybridized carbons (Fsp3) is 0.462. The molecule has 94 valence electrons. The van der Waals surface area contributed by atoms with Crippen LogP contribution in [0.1, 0.15) is 12.0 Å². The zero-order valence-corrected chi connectivity index (χ0v) is 11.2. The number of aryl methyl sites for hydroxylation is 1. The van der Waals surface area contributed by atoms with Gasteiger partial charge in [-0.15, -0.1) is 0 Å². The van der Waals surface area contributed by atoms with E-state index in [2.05, 4.69) is 30.2 Å². The number of thioether (sulfide) groups is 1. The van der Waals surface area contributed by atoms with Crippen molar-refractivity contribution in [3.8, 4) is 0 Å². The number of benzene rings is 1. The molecule has 1 rings (SSSR count). The summed E-state index contributed by atoms with van der Waals surface area (Å²) in [6.45, 7) is 3.52. The molecular formula is C13H19NO2S. The highest BCUT2D eigenvalue weighted by molar-refractivity contribution is 7.98. The Morgan fingerprint density at radius 2 is 2.06 bits per heavy atom. The van der Waals surface area contributed by atoms with E-state index in [1.165, 1.54) is 5.56 Å². The lowest BCUT2D eigenvalue weighted by molar-refractivity contribution is -0.136. The van der Waals surface area contributed by atoms with Gasteiger partial charge in [-0.25, -0.2) is 0 Å². The average molecular weight is 253 g/mol. The Kier molecular flexibility index (Phi) is 5.91. The maximum Gasteiger partial charge on any atom is 0.305 e. The summed E-state index contributed by atoms with van der Waals surface area (Å²) in [7, 11) is 0. The van der Waals surface area contributed by atoms with E-state index in [1.54, 1.807) is 11.8 Å². The second-order valence-corrected chi connectivity index (χ2v) is 4.90. The van der Waals surface area contributed by atoms with Crippen molar-refractivity contribution in [3.05, 3.63) is 29.8 Å². The molecule has 0 atom stereocenters. The van der Waals surface area contributed by atoms with Gasteiger partial charge in [0.1, 0.15) is 0 Å². The molecule has 1 N–H and O–H groups in total. The lowest BCUT2D eigenvalue weighted by atomic mass is 10.1. The molecule has 0 aliphatic heterocycles. The van der Waals surface area contributed by atoms with Gasteiger partial charge < -0.3 is 10.0 Å². The Morgan fingerprint density at radius 3 is 2.65 bits per heavy atom. The van der Waals surface area contributed by atoms with Crippen molar-refractivity contribution in [2.45, 2.75) is 13.3 Å². The van der Waals surface area contributed by atoms with Gasteiger partial charge in [0.2, 0.25) is 0 Å². The van der Waals surface area contributed by atoms with E-state index in [9.17, 15) is 4.79 Å². The van der Waals surface area contributed by atoms with E-state index in [-0.39, 0.29) is 6.42 Å². The van der Waals surface area contributed by atoms with Crippen LogP contribution in [0.2, 0.25) is 0 Å². The largest absolute Gasteiger partial charge is 0.481 e. The zero-order chi connectivity index (χ0) is 12.7. The van der Waals surface area contributed by atoms with Gasteiger partial charge in [-0.3, -0.25) is 4.79 Å². The average Bonchev–Trinajstić information content (AvgIpc) is 2.30. The highest BCUT2D eigenvalue weighted by atomic mass is 32.2. The minimum Gasteiger partial charge on any atom is -0.481 e. The van der Waals surface area contributed by atoms with Crippen LogP contribution < -0.4 is 4.90 Å². The predicted molar refractivity (Wildman–Crippen MR) is 74.0 cm³/mol. The molecule has 0 aliphatic carbocycles.